The summed E-state index contributed by atoms with van der Waals surface area (Å²) in [6, 6.07) is 6.83. The average Bonchev–Trinajstić information content (AvgIpc) is 2.60. The largest absolute Gasteiger partial charge is 0.495 e. The molecule has 0 unspecified atom stereocenters. The Morgan fingerprint density at radius 1 is 1.16 bits per heavy atom. The van der Waals surface area contributed by atoms with Gasteiger partial charge in [0.25, 0.3) is 5.91 Å². The molecule has 132 valence electrons. The predicted molar refractivity (Wildman–Crippen MR) is 95.8 cm³/mol. The number of hydrogen-bond donors (Lipinski definition) is 1. The van der Waals surface area contributed by atoms with Gasteiger partial charge in [-0.25, -0.2) is 9.78 Å². The summed E-state index contributed by atoms with van der Waals surface area (Å²) in [4.78, 5) is 28.1. The Kier molecular flexibility index (Phi) is 6.47. The molecular formula is C16H13Cl3N2O4. The van der Waals surface area contributed by atoms with Crippen LogP contribution in [0.4, 0.5) is 5.69 Å². The van der Waals surface area contributed by atoms with Gasteiger partial charge in [0.1, 0.15) is 5.75 Å². The zero-order valence-electron chi connectivity index (χ0n) is 13.2. The lowest BCUT2D eigenvalue weighted by Crippen LogP contribution is -2.30. The molecule has 0 bridgehead atoms. The summed E-state index contributed by atoms with van der Waals surface area (Å²) in [5.41, 5.74) is 0.219. The molecule has 1 amide bonds. The van der Waals surface area contributed by atoms with Crippen LogP contribution in [0.1, 0.15) is 17.4 Å². The lowest BCUT2D eigenvalue weighted by atomic mass is 10.2. The number of ether oxygens (including phenoxy) is 2. The van der Waals surface area contributed by atoms with Gasteiger partial charge < -0.3 is 14.8 Å². The van der Waals surface area contributed by atoms with Crippen molar-refractivity contribution in [1.82, 2.24) is 4.98 Å². The van der Waals surface area contributed by atoms with Gasteiger partial charge >= 0.3 is 5.97 Å². The van der Waals surface area contributed by atoms with Crippen LogP contribution in [0.3, 0.4) is 0 Å². The van der Waals surface area contributed by atoms with Crippen LogP contribution in [-0.4, -0.2) is 30.1 Å². The number of methoxy groups -OCH3 is 1. The first-order chi connectivity index (χ1) is 11.8. The summed E-state index contributed by atoms with van der Waals surface area (Å²) in [6.07, 6.45) is 0.0658. The standard InChI is InChI=1S/C16H13Cl3N2O4/c1-8(15(22)21-10-5-3-4-6-11(10)24-2)25-16(23)14-13(19)12(18)9(17)7-20-14/h3-8H,1-2H3,(H,21,22)/t8-/m1/s1. The summed E-state index contributed by atoms with van der Waals surface area (Å²) >= 11 is 17.5. The SMILES string of the molecule is COc1ccccc1NC(=O)[C@@H](C)OC(=O)c1ncc(Cl)c(Cl)c1Cl. The second-order valence-corrected chi connectivity index (χ2v) is 5.98. The number of anilines is 1. The molecule has 6 nitrogen and oxygen atoms in total. The lowest BCUT2D eigenvalue weighted by Gasteiger charge is -2.15. The Morgan fingerprint density at radius 3 is 2.52 bits per heavy atom. The number of esters is 1. The van der Waals surface area contributed by atoms with E-state index in [0.29, 0.717) is 11.4 Å². The molecule has 2 aromatic rings. The van der Waals surface area contributed by atoms with E-state index in [-0.39, 0.29) is 20.8 Å². The van der Waals surface area contributed by atoms with E-state index in [2.05, 4.69) is 10.3 Å². The normalized spacial score (nSPS) is 11.6. The molecule has 1 atom stereocenters. The van der Waals surface area contributed by atoms with E-state index in [0.717, 1.165) is 0 Å². The average molecular weight is 404 g/mol. The number of hydrogen-bond acceptors (Lipinski definition) is 5. The zero-order chi connectivity index (χ0) is 18.6. The summed E-state index contributed by atoms with van der Waals surface area (Å²) in [5.74, 6) is -0.969. The Bertz CT molecular complexity index is 814. The number of pyridine rings is 1. The van der Waals surface area contributed by atoms with Crippen LogP contribution < -0.4 is 10.1 Å². The van der Waals surface area contributed by atoms with Crippen molar-refractivity contribution in [3.8, 4) is 5.75 Å². The van der Waals surface area contributed by atoms with E-state index in [1.807, 2.05) is 0 Å². The van der Waals surface area contributed by atoms with Gasteiger partial charge in [-0.3, -0.25) is 4.79 Å². The highest BCUT2D eigenvalue weighted by atomic mass is 35.5. The highest BCUT2D eigenvalue weighted by molar-refractivity contribution is 6.48. The molecule has 0 aliphatic carbocycles. The fraction of sp³-hybridized carbons (Fsp3) is 0.188. The first-order valence-corrected chi connectivity index (χ1v) is 8.13. The van der Waals surface area contributed by atoms with Crippen molar-refractivity contribution in [3.05, 3.63) is 51.2 Å². The smallest absolute Gasteiger partial charge is 0.359 e. The molecule has 1 aromatic heterocycles. The van der Waals surface area contributed by atoms with Gasteiger partial charge in [0.15, 0.2) is 11.8 Å². The second kappa shape index (κ2) is 8.38. The third-order valence-corrected chi connectivity index (χ3v) is 4.37. The molecular weight excluding hydrogens is 391 g/mol. The van der Waals surface area contributed by atoms with Gasteiger partial charge in [0.05, 0.1) is 27.9 Å². The van der Waals surface area contributed by atoms with Crippen LogP contribution in [0.5, 0.6) is 5.75 Å². The van der Waals surface area contributed by atoms with E-state index in [1.165, 1.54) is 20.2 Å². The van der Waals surface area contributed by atoms with Gasteiger partial charge in [-0.2, -0.15) is 0 Å². The highest BCUT2D eigenvalue weighted by Crippen LogP contribution is 2.31. The maximum absolute atomic E-state index is 12.2. The number of amides is 1. The van der Waals surface area contributed by atoms with Crippen LogP contribution >= 0.6 is 34.8 Å². The van der Waals surface area contributed by atoms with E-state index in [4.69, 9.17) is 44.3 Å². The second-order valence-electron chi connectivity index (χ2n) is 4.82. The number of nitrogens with zero attached hydrogens (tertiary/aromatic N) is 1. The van der Waals surface area contributed by atoms with E-state index >= 15 is 0 Å². The van der Waals surface area contributed by atoms with E-state index < -0.39 is 18.0 Å². The first kappa shape index (κ1) is 19.3. The molecule has 0 aliphatic heterocycles. The third-order valence-electron chi connectivity index (χ3n) is 3.13. The number of carbonyl (C=O) groups is 2. The number of rotatable bonds is 5. The van der Waals surface area contributed by atoms with E-state index in [1.54, 1.807) is 24.3 Å². The summed E-state index contributed by atoms with van der Waals surface area (Å²) < 4.78 is 10.2. The number of benzene rings is 1. The Morgan fingerprint density at radius 2 is 1.84 bits per heavy atom. The molecule has 0 radical (unpaired) electrons. The Hall–Kier alpha value is -2.02. The van der Waals surface area contributed by atoms with Crippen LogP contribution in [0.25, 0.3) is 0 Å². The van der Waals surface area contributed by atoms with Crippen LogP contribution in [0.15, 0.2) is 30.5 Å². The first-order valence-electron chi connectivity index (χ1n) is 6.99. The number of nitrogens with one attached hydrogen (secondary N) is 1. The Balaban J connectivity index is 2.08. The zero-order valence-corrected chi connectivity index (χ0v) is 15.4. The van der Waals surface area contributed by atoms with Crippen molar-refractivity contribution in [1.29, 1.82) is 0 Å². The Labute approximate surface area is 159 Å². The molecule has 1 aromatic carbocycles. The number of halogens is 3. The summed E-state index contributed by atoms with van der Waals surface area (Å²) in [7, 11) is 1.48. The fourth-order valence-corrected chi connectivity index (χ4v) is 2.40. The quantitative estimate of drug-likeness (QED) is 0.756. The molecule has 0 saturated carbocycles. The topological polar surface area (TPSA) is 77.5 Å². The maximum atomic E-state index is 12.2. The third kappa shape index (κ3) is 4.54. The molecule has 1 N–H and O–H groups in total. The van der Waals surface area contributed by atoms with Gasteiger partial charge in [-0.05, 0) is 19.1 Å². The van der Waals surface area contributed by atoms with Crippen molar-refractivity contribution in [2.24, 2.45) is 0 Å². The van der Waals surface area contributed by atoms with Crippen LogP contribution in [-0.2, 0) is 9.53 Å². The van der Waals surface area contributed by atoms with Crippen molar-refractivity contribution < 1.29 is 19.1 Å². The molecule has 25 heavy (non-hydrogen) atoms. The predicted octanol–water partition coefficient (Wildman–Crippen LogP) is 4.23. The number of para-hydroxylation sites is 2. The summed E-state index contributed by atoms with van der Waals surface area (Å²) in [6.45, 7) is 1.41. The van der Waals surface area contributed by atoms with Gasteiger partial charge in [-0.15, -0.1) is 0 Å². The van der Waals surface area contributed by atoms with E-state index in [9.17, 15) is 9.59 Å². The van der Waals surface area contributed by atoms with Gasteiger partial charge in [0.2, 0.25) is 0 Å². The van der Waals surface area contributed by atoms with Crippen LogP contribution in [0, 0.1) is 0 Å². The molecule has 2 rings (SSSR count). The maximum Gasteiger partial charge on any atom is 0.359 e. The monoisotopic (exact) mass is 402 g/mol. The van der Waals surface area contributed by atoms with Crippen molar-refractivity contribution >= 4 is 52.4 Å². The fourth-order valence-electron chi connectivity index (χ4n) is 1.84. The molecule has 1 heterocycles. The number of carbonyl (C=O) groups excluding carboxylic acids is 2. The minimum absolute atomic E-state index is 0.0172. The molecule has 0 saturated heterocycles. The highest BCUT2D eigenvalue weighted by Gasteiger charge is 2.24. The minimum atomic E-state index is -1.11. The molecule has 0 fully saturated rings. The molecule has 0 aliphatic rings. The van der Waals surface area contributed by atoms with Crippen molar-refractivity contribution in [2.45, 2.75) is 13.0 Å². The summed E-state index contributed by atoms with van der Waals surface area (Å²) in [5, 5.41) is 2.55. The van der Waals surface area contributed by atoms with Crippen molar-refractivity contribution in [2.75, 3.05) is 12.4 Å². The van der Waals surface area contributed by atoms with Crippen LogP contribution in [0.2, 0.25) is 15.1 Å². The van der Waals surface area contributed by atoms with Gasteiger partial charge in [0, 0.05) is 6.20 Å². The lowest BCUT2D eigenvalue weighted by molar-refractivity contribution is -0.123. The number of aromatic nitrogens is 1. The minimum Gasteiger partial charge on any atom is -0.495 e. The van der Waals surface area contributed by atoms with Gasteiger partial charge in [-0.1, -0.05) is 46.9 Å². The molecule has 9 heteroatoms. The van der Waals surface area contributed by atoms with Crippen molar-refractivity contribution in [3.63, 3.8) is 0 Å². The molecule has 0 spiro atoms.